The molecule has 6 heteroatoms. The molecule has 0 aliphatic carbocycles. The Hall–Kier alpha value is -2.60. The fraction of sp³-hybridized carbons (Fsp3) is 0.263. The van der Waals surface area contributed by atoms with Gasteiger partial charge in [-0.15, -0.1) is 0 Å². The summed E-state index contributed by atoms with van der Waals surface area (Å²) < 4.78 is 11.5. The van der Waals surface area contributed by atoms with E-state index >= 15 is 0 Å². The maximum Gasteiger partial charge on any atom is 0.317 e. The molecule has 2 heterocycles. The van der Waals surface area contributed by atoms with E-state index in [-0.39, 0.29) is 12.0 Å². The number of fused-ring (bicyclic) bond motifs is 4. The lowest BCUT2D eigenvalue weighted by Gasteiger charge is -2.49. The molecular weight excluding hydrogens is 336 g/mol. The first-order chi connectivity index (χ1) is 12.2. The second-order valence-electron chi connectivity index (χ2n) is 5.96. The van der Waals surface area contributed by atoms with Gasteiger partial charge in [-0.1, -0.05) is 36.4 Å². The Morgan fingerprint density at radius 1 is 1.20 bits per heavy atom. The van der Waals surface area contributed by atoms with Crippen LogP contribution in [0.15, 0.2) is 54.6 Å². The van der Waals surface area contributed by atoms with Gasteiger partial charge in [0.1, 0.15) is 11.7 Å². The van der Waals surface area contributed by atoms with E-state index in [2.05, 4.69) is 5.32 Å². The maximum absolute atomic E-state index is 12.7. The number of ether oxygens (including phenoxy) is 2. The zero-order valence-corrected chi connectivity index (χ0v) is 14.5. The molecule has 1 fully saturated rings. The molecule has 0 unspecified atom stereocenters. The van der Waals surface area contributed by atoms with Crippen molar-refractivity contribution in [3.8, 4) is 5.75 Å². The van der Waals surface area contributed by atoms with Crippen molar-refractivity contribution in [2.45, 2.75) is 19.2 Å². The highest BCUT2D eigenvalue weighted by atomic mass is 32.1. The number of benzene rings is 2. The highest BCUT2D eigenvalue weighted by Crippen LogP contribution is 2.44. The quantitative estimate of drug-likeness (QED) is 0.675. The second-order valence-corrected chi connectivity index (χ2v) is 6.34. The molecule has 128 valence electrons. The highest BCUT2D eigenvalue weighted by Gasteiger charge is 2.51. The molecule has 0 spiro atoms. The van der Waals surface area contributed by atoms with Gasteiger partial charge < -0.3 is 14.8 Å². The summed E-state index contributed by atoms with van der Waals surface area (Å²) in [5, 5.41) is 3.86. The molecule has 2 aromatic carbocycles. The Morgan fingerprint density at radius 2 is 1.92 bits per heavy atom. The molecule has 2 aromatic rings. The third-order valence-corrected chi connectivity index (χ3v) is 4.83. The van der Waals surface area contributed by atoms with Crippen molar-refractivity contribution >= 4 is 29.0 Å². The standard InChI is InChI=1S/C19H18N2O3S/c1-2-23-18(22)15-16-13-10-6-7-11-14(13)24-17(15)21(19(25)20-16)12-8-4-3-5-9-12/h3-11,15-17H,2H2,1H3,(H,20,25)/t15-,16-,17-/m0/s1. The molecule has 25 heavy (non-hydrogen) atoms. The molecule has 3 atom stereocenters. The SMILES string of the molecule is CCOC(=O)[C@H]1[C@H]2NC(=S)N(c3ccccc3)[C@H]1Oc1ccccc12. The Labute approximate surface area is 151 Å². The average molecular weight is 354 g/mol. The van der Waals surface area contributed by atoms with Crippen molar-refractivity contribution in [2.75, 3.05) is 11.5 Å². The van der Waals surface area contributed by atoms with Gasteiger partial charge in [-0.25, -0.2) is 0 Å². The molecule has 0 aromatic heterocycles. The number of carbonyl (C=O) groups excluding carboxylic acids is 1. The van der Waals surface area contributed by atoms with Crippen LogP contribution in [-0.4, -0.2) is 23.9 Å². The third-order valence-electron chi connectivity index (χ3n) is 4.51. The van der Waals surface area contributed by atoms with E-state index < -0.39 is 12.1 Å². The molecular formula is C19H18N2O3S. The van der Waals surface area contributed by atoms with Gasteiger partial charge >= 0.3 is 5.97 Å². The molecule has 0 amide bonds. The van der Waals surface area contributed by atoms with Gasteiger partial charge in [-0.2, -0.15) is 0 Å². The van der Waals surface area contributed by atoms with Gasteiger partial charge in [0.25, 0.3) is 0 Å². The lowest BCUT2D eigenvalue weighted by atomic mass is 9.86. The van der Waals surface area contributed by atoms with Crippen LogP contribution in [0.4, 0.5) is 5.69 Å². The largest absolute Gasteiger partial charge is 0.469 e. The number of thiocarbonyl (C=S) groups is 1. The van der Waals surface area contributed by atoms with E-state index in [0.29, 0.717) is 11.7 Å². The summed E-state index contributed by atoms with van der Waals surface area (Å²) in [7, 11) is 0. The first-order valence-corrected chi connectivity index (χ1v) is 8.68. The molecule has 2 aliphatic heterocycles. The topological polar surface area (TPSA) is 50.8 Å². The fourth-order valence-electron chi connectivity index (χ4n) is 3.45. The number of nitrogens with zero attached hydrogens (tertiary/aromatic N) is 1. The minimum absolute atomic E-state index is 0.263. The predicted molar refractivity (Wildman–Crippen MR) is 98.4 cm³/mol. The summed E-state index contributed by atoms with van der Waals surface area (Å²) in [6.07, 6.45) is -0.546. The monoisotopic (exact) mass is 354 g/mol. The Morgan fingerprint density at radius 3 is 2.68 bits per heavy atom. The molecule has 2 bridgehead atoms. The van der Waals surface area contributed by atoms with E-state index in [9.17, 15) is 4.79 Å². The Bertz CT molecular complexity index is 811. The Kier molecular flexibility index (Phi) is 4.05. The van der Waals surface area contributed by atoms with Gasteiger partial charge in [0, 0.05) is 11.3 Å². The van der Waals surface area contributed by atoms with Crippen LogP contribution in [0.2, 0.25) is 0 Å². The van der Waals surface area contributed by atoms with Gasteiger partial charge in [0.2, 0.25) is 0 Å². The molecule has 1 saturated heterocycles. The number of anilines is 1. The maximum atomic E-state index is 12.7. The molecule has 0 saturated carbocycles. The zero-order chi connectivity index (χ0) is 17.4. The van der Waals surface area contributed by atoms with Crippen molar-refractivity contribution < 1.29 is 14.3 Å². The first kappa shape index (κ1) is 15.9. The van der Waals surface area contributed by atoms with Crippen LogP contribution in [0.5, 0.6) is 5.75 Å². The van der Waals surface area contributed by atoms with Gasteiger partial charge in [-0.3, -0.25) is 9.69 Å². The Balaban J connectivity index is 1.81. The lowest BCUT2D eigenvalue weighted by Crippen LogP contribution is -2.64. The summed E-state index contributed by atoms with van der Waals surface area (Å²) in [4.78, 5) is 14.5. The predicted octanol–water partition coefficient (Wildman–Crippen LogP) is 3.02. The number of para-hydroxylation sites is 2. The minimum Gasteiger partial charge on any atom is -0.469 e. The summed E-state index contributed by atoms with van der Waals surface area (Å²) in [5.74, 6) is -0.0429. The van der Waals surface area contributed by atoms with E-state index in [1.54, 1.807) is 6.92 Å². The van der Waals surface area contributed by atoms with Crippen molar-refractivity contribution in [3.63, 3.8) is 0 Å². The van der Waals surface area contributed by atoms with Gasteiger partial charge in [-0.05, 0) is 37.3 Å². The van der Waals surface area contributed by atoms with Crippen molar-refractivity contribution in [1.29, 1.82) is 0 Å². The van der Waals surface area contributed by atoms with Crippen LogP contribution < -0.4 is 15.0 Å². The first-order valence-electron chi connectivity index (χ1n) is 8.27. The summed E-state index contributed by atoms with van der Waals surface area (Å²) in [6.45, 7) is 2.13. The lowest BCUT2D eigenvalue weighted by molar-refractivity contribution is -0.154. The van der Waals surface area contributed by atoms with E-state index in [0.717, 1.165) is 17.0 Å². The number of esters is 1. The number of hydrogen-bond acceptors (Lipinski definition) is 4. The molecule has 4 rings (SSSR count). The van der Waals surface area contributed by atoms with Crippen LogP contribution in [0.1, 0.15) is 18.5 Å². The van der Waals surface area contributed by atoms with Crippen LogP contribution in [-0.2, 0) is 9.53 Å². The summed E-state index contributed by atoms with van der Waals surface area (Å²) >= 11 is 5.58. The minimum atomic E-state index is -0.546. The fourth-order valence-corrected chi connectivity index (χ4v) is 3.79. The van der Waals surface area contributed by atoms with Crippen molar-refractivity contribution in [3.05, 3.63) is 60.2 Å². The number of nitrogens with one attached hydrogen (secondary N) is 1. The highest BCUT2D eigenvalue weighted by molar-refractivity contribution is 7.80. The number of hydrogen-bond donors (Lipinski definition) is 1. The van der Waals surface area contributed by atoms with Crippen molar-refractivity contribution in [1.82, 2.24) is 5.32 Å². The normalized spacial score (nSPS) is 24.0. The van der Waals surface area contributed by atoms with E-state index in [1.165, 1.54) is 0 Å². The van der Waals surface area contributed by atoms with Gasteiger partial charge in [0.05, 0.1) is 12.6 Å². The van der Waals surface area contributed by atoms with Crippen LogP contribution in [0, 0.1) is 5.92 Å². The van der Waals surface area contributed by atoms with Crippen LogP contribution in [0.3, 0.4) is 0 Å². The zero-order valence-electron chi connectivity index (χ0n) is 13.7. The van der Waals surface area contributed by atoms with Crippen LogP contribution >= 0.6 is 12.2 Å². The van der Waals surface area contributed by atoms with Crippen LogP contribution in [0.25, 0.3) is 0 Å². The number of carbonyl (C=O) groups is 1. The second kappa shape index (κ2) is 6.37. The molecule has 1 N–H and O–H groups in total. The van der Waals surface area contributed by atoms with Gasteiger partial charge in [0.15, 0.2) is 11.3 Å². The van der Waals surface area contributed by atoms with E-state index in [1.807, 2.05) is 59.5 Å². The summed E-state index contributed by atoms with van der Waals surface area (Å²) in [5.41, 5.74) is 1.80. The summed E-state index contributed by atoms with van der Waals surface area (Å²) in [6, 6.07) is 17.1. The number of rotatable bonds is 3. The molecule has 5 nitrogen and oxygen atoms in total. The average Bonchev–Trinajstić information content (AvgIpc) is 2.62. The smallest absolute Gasteiger partial charge is 0.317 e. The molecule has 0 radical (unpaired) electrons. The van der Waals surface area contributed by atoms with Crippen molar-refractivity contribution in [2.24, 2.45) is 5.92 Å². The third kappa shape index (κ3) is 2.62. The molecule has 2 aliphatic rings. The van der Waals surface area contributed by atoms with E-state index in [4.69, 9.17) is 21.7 Å².